The van der Waals surface area contributed by atoms with Gasteiger partial charge in [0.25, 0.3) is 5.91 Å². The summed E-state index contributed by atoms with van der Waals surface area (Å²) in [5.74, 6) is 1.31. The second kappa shape index (κ2) is 5.85. The van der Waals surface area contributed by atoms with Crippen LogP contribution < -0.4 is 4.74 Å². The maximum atomic E-state index is 12.7. The number of β-amino-alcohol motifs (C(OH)–C–C–N with tert-alkyl or cyclic N) is 1. The van der Waals surface area contributed by atoms with E-state index in [-0.39, 0.29) is 11.9 Å². The Morgan fingerprint density at radius 3 is 2.91 bits per heavy atom. The molecule has 0 aliphatic carbocycles. The number of aliphatic hydroxyl groups is 1. The summed E-state index contributed by atoms with van der Waals surface area (Å²) in [6.45, 7) is 2.13. The van der Waals surface area contributed by atoms with Gasteiger partial charge in [-0.1, -0.05) is 12.1 Å². The third-order valence-electron chi connectivity index (χ3n) is 4.00. The SMILES string of the molecule is COc1cccc([C@@H]2C[C@H](O)CN2C(=O)c2coc(C)c2)c1. The Morgan fingerprint density at radius 1 is 1.41 bits per heavy atom. The van der Waals surface area contributed by atoms with Gasteiger partial charge in [0.05, 0.1) is 24.8 Å². The first-order valence-electron chi connectivity index (χ1n) is 7.26. The minimum absolute atomic E-state index is 0.124. The fourth-order valence-corrected chi connectivity index (χ4v) is 2.92. The Hall–Kier alpha value is -2.27. The first-order valence-corrected chi connectivity index (χ1v) is 7.26. The van der Waals surface area contributed by atoms with Crippen LogP contribution in [0.5, 0.6) is 5.75 Å². The van der Waals surface area contributed by atoms with E-state index in [0.29, 0.717) is 24.3 Å². The van der Waals surface area contributed by atoms with Crippen molar-refractivity contribution < 1.29 is 19.1 Å². The zero-order valence-electron chi connectivity index (χ0n) is 12.7. The van der Waals surface area contributed by atoms with E-state index in [9.17, 15) is 9.90 Å². The summed E-state index contributed by atoms with van der Waals surface area (Å²) in [7, 11) is 1.61. The van der Waals surface area contributed by atoms with Gasteiger partial charge in [0.15, 0.2) is 0 Å². The van der Waals surface area contributed by atoms with Crippen molar-refractivity contribution >= 4 is 5.91 Å². The Bertz CT molecular complexity index is 679. The monoisotopic (exact) mass is 301 g/mol. The van der Waals surface area contributed by atoms with Gasteiger partial charge in [-0.05, 0) is 37.1 Å². The van der Waals surface area contributed by atoms with E-state index in [1.165, 1.54) is 6.26 Å². The van der Waals surface area contributed by atoms with Gasteiger partial charge in [-0.3, -0.25) is 4.79 Å². The van der Waals surface area contributed by atoms with E-state index in [1.54, 1.807) is 25.0 Å². The van der Waals surface area contributed by atoms with Crippen LogP contribution in [0.15, 0.2) is 41.0 Å². The lowest BCUT2D eigenvalue weighted by Crippen LogP contribution is -2.31. The second-order valence-electron chi connectivity index (χ2n) is 5.59. The Labute approximate surface area is 129 Å². The molecule has 2 atom stereocenters. The number of rotatable bonds is 3. The van der Waals surface area contributed by atoms with Crippen molar-refractivity contribution in [2.24, 2.45) is 0 Å². The molecule has 22 heavy (non-hydrogen) atoms. The summed E-state index contributed by atoms with van der Waals surface area (Å²) >= 11 is 0. The number of carbonyl (C=O) groups is 1. The highest BCUT2D eigenvalue weighted by molar-refractivity contribution is 5.94. The molecule has 1 amide bonds. The van der Waals surface area contributed by atoms with E-state index in [0.717, 1.165) is 11.3 Å². The van der Waals surface area contributed by atoms with Crippen LogP contribution in [0, 0.1) is 6.92 Å². The zero-order chi connectivity index (χ0) is 15.7. The van der Waals surface area contributed by atoms with Crippen molar-refractivity contribution in [3.8, 4) is 5.75 Å². The Balaban J connectivity index is 1.90. The van der Waals surface area contributed by atoms with Crippen molar-refractivity contribution in [2.45, 2.75) is 25.5 Å². The molecule has 116 valence electrons. The van der Waals surface area contributed by atoms with Gasteiger partial charge in [0, 0.05) is 6.54 Å². The van der Waals surface area contributed by atoms with Crippen LogP contribution in [0.1, 0.15) is 34.1 Å². The molecule has 2 aromatic rings. The van der Waals surface area contributed by atoms with Crippen LogP contribution in [-0.2, 0) is 0 Å². The van der Waals surface area contributed by atoms with E-state index < -0.39 is 6.10 Å². The maximum Gasteiger partial charge on any atom is 0.257 e. The molecule has 0 saturated carbocycles. The first-order chi connectivity index (χ1) is 10.6. The van der Waals surface area contributed by atoms with Crippen LogP contribution in [0.25, 0.3) is 0 Å². The lowest BCUT2D eigenvalue weighted by Gasteiger charge is -2.24. The van der Waals surface area contributed by atoms with Crippen molar-refractivity contribution in [1.29, 1.82) is 0 Å². The number of hydrogen-bond acceptors (Lipinski definition) is 4. The van der Waals surface area contributed by atoms with E-state index in [2.05, 4.69) is 0 Å². The highest BCUT2D eigenvalue weighted by atomic mass is 16.5. The number of benzene rings is 1. The summed E-state index contributed by atoms with van der Waals surface area (Å²) in [5, 5.41) is 10.0. The van der Waals surface area contributed by atoms with E-state index >= 15 is 0 Å². The van der Waals surface area contributed by atoms with Crippen LogP contribution in [0.2, 0.25) is 0 Å². The number of aliphatic hydroxyl groups excluding tert-OH is 1. The summed E-state index contributed by atoms with van der Waals surface area (Å²) in [5.41, 5.74) is 1.48. The summed E-state index contributed by atoms with van der Waals surface area (Å²) in [4.78, 5) is 14.4. The summed E-state index contributed by atoms with van der Waals surface area (Å²) in [6.07, 6.45) is 1.47. The number of hydrogen-bond donors (Lipinski definition) is 1. The predicted molar refractivity (Wildman–Crippen MR) is 80.8 cm³/mol. The molecule has 5 heteroatoms. The third-order valence-corrected chi connectivity index (χ3v) is 4.00. The number of amides is 1. The molecule has 0 spiro atoms. The number of aryl methyl sites for hydroxylation is 1. The molecule has 3 rings (SSSR count). The molecule has 1 aromatic heterocycles. The molecule has 2 heterocycles. The Morgan fingerprint density at radius 2 is 2.23 bits per heavy atom. The molecule has 1 aliphatic heterocycles. The lowest BCUT2D eigenvalue weighted by atomic mass is 10.0. The summed E-state index contributed by atoms with van der Waals surface area (Å²) < 4.78 is 10.5. The molecule has 5 nitrogen and oxygen atoms in total. The van der Waals surface area contributed by atoms with Crippen LogP contribution in [0.3, 0.4) is 0 Å². The van der Waals surface area contributed by atoms with Crippen LogP contribution in [0.4, 0.5) is 0 Å². The van der Waals surface area contributed by atoms with E-state index in [4.69, 9.17) is 9.15 Å². The van der Waals surface area contributed by atoms with Crippen molar-refractivity contribution in [3.05, 3.63) is 53.5 Å². The molecule has 0 radical (unpaired) electrons. The zero-order valence-corrected chi connectivity index (χ0v) is 12.7. The van der Waals surface area contributed by atoms with Gasteiger partial charge in [-0.2, -0.15) is 0 Å². The van der Waals surface area contributed by atoms with Gasteiger partial charge in [-0.25, -0.2) is 0 Å². The topological polar surface area (TPSA) is 62.9 Å². The maximum absolute atomic E-state index is 12.7. The normalized spacial score (nSPS) is 21.1. The molecule has 1 saturated heterocycles. The molecule has 0 bridgehead atoms. The van der Waals surface area contributed by atoms with Crippen LogP contribution >= 0.6 is 0 Å². The number of likely N-dealkylation sites (tertiary alicyclic amines) is 1. The standard InChI is InChI=1S/C17H19NO4/c1-11-6-13(10-22-11)17(20)18-9-14(19)8-16(18)12-4-3-5-15(7-12)21-2/h3-7,10,14,16,19H,8-9H2,1-2H3/t14-,16-/m0/s1. The highest BCUT2D eigenvalue weighted by Crippen LogP contribution is 2.34. The fraction of sp³-hybridized carbons (Fsp3) is 0.353. The van der Waals surface area contributed by atoms with Gasteiger partial charge in [0.2, 0.25) is 0 Å². The molecular formula is C17H19NO4. The van der Waals surface area contributed by atoms with Crippen molar-refractivity contribution in [2.75, 3.05) is 13.7 Å². The number of nitrogens with zero attached hydrogens (tertiary/aromatic N) is 1. The summed E-state index contributed by atoms with van der Waals surface area (Å²) in [6, 6.07) is 9.17. The van der Waals surface area contributed by atoms with Crippen molar-refractivity contribution in [3.63, 3.8) is 0 Å². The molecule has 1 aromatic carbocycles. The molecule has 1 N–H and O–H groups in total. The average molecular weight is 301 g/mol. The third kappa shape index (κ3) is 2.72. The minimum atomic E-state index is -0.520. The number of ether oxygens (including phenoxy) is 1. The lowest BCUT2D eigenvalue weighted by molar-refractivity contribution is 0.0715. The Kier molecular flexibility index (Phi) is 3.90. The number of methoxy groups -OCH3 is 1. The van der Waals surface area contributed by atoms with Gasteiger partial charge >= 0.3 is 0 Å². The molecule has 0 unspecified atom stereocenters. The smallest absolute Gasteiger partial charge is 0.257 e. The average Bonchev–Trinajstić information content (AvgIpc) is 3.12. The quantitative estimate of drug-likeness (QED) is 0.946. The van der Waals surface area contributed by atoms with Gasteiger partial charge in [-0.15, -0.1) is 0 Å². The van der Waals surface area contributed by atoms with Crippen molar-refractivity contribution in [1.82, 2.24) is 4.90 Å². The molecular weight excluding hydrogens is 282 g/mol. The van der Waals surface area contributed by atoms with Gasteiger partial charge in [0.1, 0.15) is 17.8 Å². The van der Waals surface area contributed by atoms with Gasteiger partial charge < -0.3 is 19.2 Å². The highest BCUT2D eigenvalue weighted by Gasteiger charge is 2.36. The van der Waals surface area contributed by atoms with Crippen LogP contribution in [-0.4, -0.2) is 35.7 Å². The number of carbonyl (C=O) groups excluding carboxylic acids is 1. The predicted octanol–water partition coefficient (Wildman–Crippen LogP) is 2.54. The fourth-order valence-electron chi connectivity index (χ4n) is 2.92. The largest absolute Gasteiger partial charge is 0.497 e. The van der Waals surface area contributed by atoms with E-state index in [1.807, 2.05) is 24.3 Å². The molecule has 1 aliphatic rings. The molecule has 1 fully saturated rings. The first kappa shape index (κ1) is 14.7. The minimum Gasteiger partial charge on any atom is -0.497 e. The number of furan rings is 1. The second-order valence-corrected chi connectivity index (χ2v) is 5.59.